The SMILES string of the molecule is COC[C@@H](c1ccccn1)N(C)Cc1ccc(N(C)C)nc1. The average Bonchev–Trinajstić information content (AvgIpc) is 2.53. The van der Waals surface area contributed by atoms with Crippen LogP contribution >= 0.6 is 0 Å². The predicted molar refractivity (Wildman–Crippen MR) is 88.9 cm³/mol. The van der Waals surface area contributed by atoms with Crippen LogP contribution in [0.4, 0.5) is 5.82 Å². The third kappa shape index (κ3) is 4.26. The number of aromatic nitrogens is 2. The Labute approximate surface area is 132 Å². The lowest BCUT2D eigenvalue weighted by Gasteiger charge is -2.27. The molecule has 0 spiro atoms. The van der Waals surface area contributed by atoms with Crippen LogP contribution in [0.2, 0.25) is 0 Å². The summed E-state index contributed by atoms with van der Waals surface area (Å²) in [6.45, 7) is 1.40. The quantitative estimate of drug-likeness (QED) is 0.785. The zero-order chi connectivity index (χ0) is 15.9. The van der Waals surface area contributed by atoms with E-state index in [1.165, 1.54) is 5.56 Å². The summed E-state index contributed by atoms with van der Waals surface area (Å²) in [5, 5.41) is 0. The molecule has 0 aliphatic heterocycles. The number of pyridine rings is 2. The van der Waals surface area contributed by atoms with Gasteiger partial charge in [0.15, 0.2) is 0 Å². The topological polar surface area (TPSA) is 41.5 Å². The van der Waals surface area contributed by atoms with Gasteiger partial charge >= 0.3 is 0 Å². The molecule has 5 heteroatoms. The van der Waals surface area contributed by atoms with Crippen molar-refractivity contribution in [3.05, 3.63) is 54.0 Å². The van der Waals surface area contributed by atoms with Crippen LogP contribution in [-0.2, 0) is 11.3 Å². The molecule has 0 aromatic carbocycles. The number of rotatable bonds is 7. The van der Waals surface area contributed by atoms with Crippen molar-refractivity contribution in [1.82, 2.24) is 14.9 Å². The largest absolute Gasteiger partial charge is 0.383 e. The van der Waals surface area contributed by atoms with Crippen LogP contribution in [0.1, 0.15) is 17.3 Å². The highest BCUT2D eigenvalue weighted by atomic mass is 16.5. The lowest BCUT2D eigenvalue weighted by atomic mass is 10.1. The highest BCUT2D eigenvalue weighted by molar-refractivity contribution is 5.37. The van der Waals surface area contributed by atoms with E-state index in [-0.39, 0.29) is 6.04 Å². The zero-order valence-electron chi connectivity index (χ0n) is 13.7. The van der Waals surface area contributed by atoms with Gasteiger partial charge in [-0.15, -0.1) is 0 Å². The fraction of sp³-hybridized carbons (Fsp3) is 0.412. The minimum atomic E-state index is 0.125. The number of methoxy groups -OCH3 is 1. The van der Waals surface area contributed by atoms with Gasteiger partial charge in [-0.1, -0.05) is 12.1 Å². The summed E-state index contributed by atoms with van der Waals surface area (Å²) in [4.78, 5) is 13.1. The summed E-state index contributed by atoms with van der Waals surface area (Å²) in [7, 11) is 7.78. The normalized spacial score (nSPS) is 12.4. The molecule has 0 aliphatic rings. The fourth-order valence-electron chi connectivity index (χ4n) is 2.34. The third-order valence-electron chi connectivity index (χ3n) is 3.59. The first-order valence-corrected chi connectivity index (χ1v) is 7.34. The molecule has 0 radical (unpaired) electrons. The molecular weight excluding hydrogens is 276 g/mol. The Morgan fingerprint density at radius 2 is 1.91 bits per heavy atom. The smallest absolute Gasteiger partial charge is 0.127 e. The van der Waals surface area contributed by atoms with E-state index in [9.17, 15) is 0 Å². The zero-order valence-corrected chi connectivity index (χ0v) is 13.7. The molecule has 0 unspecified atom stereocenters. The number of nitrogens with zero attached hydrogens (tertiary/aromatic N) is 4. The molecule has 5 nitrogen and oxygen atoms in total. The number of ether oxygens (including phenoxy) is 1. The van der Waals surface area contributed by atoms with E-state index < -0.39 is 0 Å². The molecular formula is C17H24N4O. The maximum absolute atomic E-state index is 5.36. The van der Waals surface area contributed by atoms with Crippen molar-refractivity contribution < 1.29 is 4.74 Å². The van der Waals surface area contributed by atoms with Crippen LogP contribution in [0.25, 0.3) is 0 Å². The highest BCUT2D eigenvalue weighted by Crippen LogP contribution is 2.20. The Balaban J connectivity index is 2.09. The van der Waals surface area contributed by atoms with Gasteiger partial charge in [0.05, 0.1) is 18.3 Å². The summed E-state index contributed by atoms with van der Waals surface area (Å²) < 4.78 is 5.36. The molecule has 1 atom stereocenters. The first-order chi connectivity index (χ1) is 10.6. The van der Waals surface area contributed by atoms with Crippen LogP contribution < -0.4 is 4.90 Å². The Kier molecular flexibility index (Phi) is 5.86. The van der Waals surface area contributed by atoms with Crippen molar-refractivity contribution in [3.8, 4) is 0 Å². The lowest BCUT2D eigenvalue weighted by molar-refractivity contribution is 0.0999. The third-order valence-corrected chi connectivity index (χ3v) is 3.59. The second-order valence-corrected chi connectivity index (χ2v) is 5.56. The fourth-order valence-corrected chi connectivity index (χ4v) is 2.34. The first kappa shape index (κ1) is 16.4. The number of hydrogen-bond acceptors (Lipinski definition) is 5. The van der Waals surface area contributed by atoms with Gasteiger partial charge in [0.1, 0.15) is 5.82 Å². The van der Waals surface area contributed by atoms with Crippen molar-refractivity contribution in [2.24, 2.45) is 0 Å². The standard InChI is InChI=1S/C17H24N4O/c1-20(2)17-9-8-14(11-19-17)12-21(3)16(13-22-4)15-7-5-6-10-18-15/h5-11,16H,12-13H2,1-4H3/t16-/m0/s1. The second-order valence-electron chi connectivity index (χ2n) is 5.56. The van der Waals surface area contributed by atoms with Crippen LogP contribution in [0.3, 0.4) is 0 Å². The predicted octanol–water partition coefficient (Wildman–Crippen LogP) is 2.36. The molecule has 0 N–H and O–H groups in total. The second kappa shape index (κ2) is 7.87. The molecule has 0 saturated heterocycles. The van der Waals surface area contributed by atoms with Gasteiger partial charge in [-0.2, -0.15) is 0 Å². The number of hydrogen-bond donors (Lipinski definition) is 0. The lowest BCUT2D eigenvalue weighted by Crippen LogP contribution is -2.28. The molecule has 2 aromatic rings. The minimum Gasteiger partial charge on any atom is -0.383 e. The minimum absolute atomic E-state index is 0.125. The van der Waals surface area contributed by atoms with Crippen molar-refractivity contribution in [3.63, 3.8) is 0 Å². The summed E-state index contributed by atoms with van der Waals surface area (Å²) in [5.74, 6) is 0.963. The molecule has 2 rings (SSSR count). The molecule has 2 aromatic heterocycles. The van der Waals surface area contributed by atoms with Gasteiger partial charge in [-0.05, 0) is 30.8 Å². The van der Waals surface area contributed by atoms with Gasteiger partial charge < -0.3 is 9.64 Å². The van der Waals surface area contributed by atoms with Crippen molar-refractivity contribution in [1.29, 1.82) is 0 Å². The van der Waals surface area contributed by atoms with Crippen LogP contribution in [0.15, 0.2) is 42.7 Å². The maximum Gasteiger partial charge on any atom is 0.127 e. The summed E-state index contributed by atoms with van der Waals surface area (Å²) in [5.41, 5.74) is 2.19. The van der Waals surface area contributed by atoms with E-state index in [2.05, 4.69) is 28.0 Å². The number of likely N-dealkylation sites (N-methyl/N-ethyl adjacent to an activating group) is 1. The van der Waals surface area contributed by atoms with E-state index in [1.807, 2.05) is 55.7 Å². The van der Waals surface area contributed by atoms with Crippen molar-refractivity contribution in [2.45, 2.75) is 12.6 Å². The summed E-state index contributed by atoms with van der Waals surface area (Å²) in [6.07, 6.45) is 3.74. The molecule has 0 saturated carbocycles. The average molecular weight is 300 g/mol. The maximum atomic E-state index is 5.36. The Morgan fingerprint density at radius 1 is 1.09 bits per heavy atom. The molecule has 0 fully saturated rings. The van der Waals surface area contributed by atoms with Gasteiger partial charge in [-0.3, -0.25) is 9.88 Å². The first-order valence-electron chi connectivity index (χ1n) is 7.34. The molecule has 0 aliphatic carbocycles. The van der Waals surface area contributed by atoms with E-state index in [0.29, 0.717) is 6.61 Å². The Morgan fingerprint density at radius 3 is 2.45 bits per heavy atom. The summed E-state index contributed by atoms with van der Waals surface area (Å²) >= 11 is 0. The van der Waals surface area contributed by atoms with E-state index >= 15 is 0 Å². The molecule has 22 heavy (non-hydrogen) atoms. The molecule has 118 valence electrons. The number of anilines is 1. The van der Waals surface area contributed by atoms with Crippen LogP contribution in [-0.4, -0.2) is 49.7 Å². The Hall–Kier alpha value is -1.98. The highest BCUT2D eigenvalue weighted by Gasteiger charge is 2.18. The summed E-state index contributed by atoms with van der Waals surface area (Å²) in [6, 6.07) is 10.2. The van der Waals surface area contributed by atoms with Gasteiger partial charge in [0, 0.05) is 40.1 Å². The van der Waals surface area contributed by atoms with E-state index in [1.54, 1.807) is 7.11 Å². The van der Waals surface area contributed by atoms with Crippen LogP contribution in [0.5, 0.6) is 0 Å². The molecule has 0 bridgehead atoms. The van der Waals surface area contributed by atoms with Gasteiger partial charge in [0.2, 0.25) is 0 Å². The van der Waals surface area contributed by atoms with E-state index in [4.69, 9.17) is 4.74 Å². The van der Waals surface area contributed by atoms with Gasteiger partial charge in [-0.25, -0.2) is 4.98 Å². The molecule has 2 heterocycles. The van der Waals surface area contributed by atoms with Gasteiger partial charge in [0.25, 0.3) is 0 Å². The Bertz CT molecular complexity index is 557. The van der Waals surface area contributed by atoms with Crippen molar-refractivity contribution in [2.75, 3.05) is 39.8 Å². The van der Waals surface area contributed by atoms with E-state index in [0.717, 1.165) is 18.1 Å². The monoisotopic (exact) mass is 300 g/mol. The van der Waals surface area contributed by atoms with Crippen molar-refractivity contribution >= 4 is 5.82 Å². The molecule has 0 amide bonds. The van der Waals surface area contributed by atoms with Crippen LogP contribution in [0, 0.1) is 0 Å².